The number of likely N-dealkylation sites (tertiary alicyclic amines) is 1. The minimum absolute atomic E-state index is 0.0840. The summed E-state index contributed by atoms with van der Waals surface area (Å²) in [4.78, 5) is 25.0. The van der Waals surface area contributed by atoms with Crippen molar-refractivity contribution in [3.05, 3.63) is 0 Å². The third-order valence-corrected chi connectivity index (χ3v) is 3.66. The van der Waals surface area contributed by atoms with Gasteiger partial charge in [-0.15, -0.1) is 0 Å². The molecule has 0 bridgehead atoms. The molecule has 19 heavy (non-hydrogen) atoms. The fourth-order valence-electron chi connectivity index (χ4n) is 2.63. The zero-order valence-corrected chi connectivity index (χ0v) is 11.6. The molecule has 3 N–H and O–H groups in total. The molecular weight excluding hydrogens is 246 g/mol. The lowest BCUT2D eigenvalue weighted by Gasteiger charge is -2.25. The second-order valence-corrected chi connectivity index (χ2v) is 6.26. The zero-order valence-electron chi connectivity index (χ0n) is 11.6. The van der Waals surface area contributed by atoms with Crippen LogP contribution in [0.15, 0.2) is 0 Å². The highest BCUT2D eigenvalue weighted by atomic mass is 16.4. The number of carboxylic acid groups (broad SMARTS) is 1. The number of carboxylic acids is 1. The molecule has 2 rings (SSSR count). The van der Waals surface area contributed by atoms with Gasteiger partial charge in [0.15, 0.2) is 0 Å². The maximum atomic E-state index is 11.9. The fraction of sp³-hybridized carbons (Fsp3) is 0.846. The summed E-state index contributed by atoms with van der Waals surface area (Å²) >= 11 is 0. The van der Waals surface area contributed by atoms with E-state index in [4.69, 9.17) is 5.11 Å². The van der Waals surface area contributed by atoms with E-state index in [9.17, 15) is 9.59 Å². The molecule has 2 amide bonds. The van der Waals surface area contributed by atoms with Gasteiger partial charge in [0.1, 0.15) is 0 Å². The maximum Gasteiger partial charge on any atom is 0.315 e. The Morgan fingerprint density at radius 3 is 2.58 bits per heavy atom. The van der Waals surface area contributed by atoms with Crippen molar-refractivity contribution in [2.75, 3.05) is 13.1 Å². The summed E-state index contributed by atoms with van der Waals surface area (Å²) in [5, 5.41) is 14.4. The minimum atomic E-state index is -0.911. The average molecular weight is 269 g/mol. The Kier molecular flexibility index (Phi) is 3.99. The first-order valence-corrected chi connectivity index (χ1v) is 6.90. The fourth-order valence-corrected chi connectivity index (χ4v) is 2.63. The summed E-state index contributed by atoms with van der Waals surface area (Å²) in [6.07, 6.45) is 3.46. The quantitative estimate of drug-likeness (QED) is 0.689. The summed E-state index contributed by atoms with van der Waals surface area (Å²) in [5.74, 6) is -0.911. The number of nitrogens with zero attached hydrogens (tertiary/aromatic N) is 1. The van der Waals surface area contributed by atoms with Crippen LogP contribution in [0.4, 0.5) is 4.79 Å². The van der Waals surface area contributed by atoms with Gasteiger partial charge in [-0.1, -0.05) is 0 Å². The van der Waals surface area contributed by atoms with E-state index in [-0.39, 0.29) is 18.5 Å². The molecule has 2 aliphatic rings. The van der Waals surface area contributed by atoms with Crippen molar-refractivity contribution in [1.29, 1.82) is 0 Å². The number of carbonyl (C=O) groups is 2. The predicted molar refractivity (Wildman–Crippen MR) is 71.0 cm³/mol. The smallest absolute Gasteiger partial charge is 0.315 e. The lowest BCUT2D eigenvalue weighted by atomic mass is 10.0. The number of nitrogens with one attached hydrogen (secondary N) is 2. The van der Waals surface area contributed by atoms with Crippen LogP contribution in [0, 0.1) is 0 Å². The summed E-state index contributed by atoms with van der Waals surface area (Å²) in [7, 11) is 0. The Hall–Kier alpha value is -1.30. The monoisotopic (exact) mass is 269 g/mol. The Balaban J connectivity index is 1.73. The van der Waals surface area contributed by atoms with E-state index in [1.165, 1.54) is 12.8 Å². The van der Waals surface area contributed by atoms with Crippen LogP contribution in [-0.2, 0) is 4.79 Å². The number of rotatable bonds is 5. The van der Waals surface area contributed by atoms with Crippen LogP contribution in [0.3, 0.4) is 0 Å². The molecule has 1 aliphatic heterocycles. The van der Waals surface area contributed by atoms with Gasteiger partial charge in [-0.2, -0.15) is 0 Å². The van der Waals surface area contributed by atoms with Gasteiger partial charge in [-0.3, -0.25) is 9.69 Å². The Morgan fingerprint density at radius 2 is 2.00 bits per heavy atom. The Morgan fingerprint density at radius 1 is 1.32 bits per heavy atom. The highest BCUT2D eigenvalue weighted by molar-refractivity contribution is 5.76. The van der Waals surface area contributed by atoms with E-state index in [0.29, 0.717) is 0 Å². The summed E-state index contributed by atoms with van der Waals surface area (Å²) in [6, 6.07) is 0.647. The normalized spacial score (nSPS) is 24.2. The van der Waals surface area contributed by atoms with Gasteiger partial charge in [0, 0.05) is 30.7 Å². The largest absolute Gasteiger partial charge is 0.481 e. The molecule has 0 aromatic heterocycles. The molecule has 108 valence electrons. The first-order chi connectivity index (χ1) is 8.85. The molecule has 2 fully saturated rings. The highest BCUT2D eigenvalue weighted by Gasteiger charge is 2.35. The van der Waals surface area contributed by atoms with Gasteiger partial charge in [-0.25, -0.2) is 4.79 Å². The molecule has 6 heteroatoms. The van der Waals surface area contributed by atoms with Crippen molar-refractivity contribution in [1.82, 2.24) is 15.5 Å². The molecule has 0 spiro atoms. The van der Waals surface area contributed by atoms with Crippen LogP contribution in [0.2, 0.25) is 0 Å². The second-order valence-electron chi connectivity index (χ2n) is 6.26. The van der Waals surface area contributed by atoms with E-state index in [1.807, 2.05) is 0 Å². The molecule has 0 aromatic carbocycles. The standard InChI is InChI=1S/C13H23N3O3/c1-13(2,7-11(17)18)15-12(19)14-9-5-6-16(8-9)10-3-4-10/h9-10H,3-8H2,1-2H3,(H,17,18)(H2,14,15,19). The van der Waals surface area contributed by atoms with Crippen LogP contribution >= 0.6 is 0 Å². The number of hydrogen-bond donors (Lipinski definition) is 3. The Labute approximate surface area is 113 Å². The average Bonchev–Trinajstić information content (AvgIpc) is 2.97. The van der Waals surface area contributed by atoms with Crippen molar-refractivity contribution < 1.29 is 14.7 Å². The Bertz CT molecular complexity index is 366. The van der Waals surface area contributed by atoms with Crippen molar-refractivity contribution in [3.8, 4) is 0 Å². The van der Waals surface area contributed by atoms with Crippen LogP contribution in [0.5, 0.6) is 0 Å². The van der Waals surface area contributed by atoms with Crippen molar-refractivity contribution in [3.63, 3.8) is 0 Å². The molecule has 1 saturated carbocycles. The highest BCUT2D eigenvalue weighted by Crippen LogP contribution is 2.29. The van der Waals surface area contributed by atoms with Crippen molar-refractivity contribution >= 4 is 12.0 Å². The van der Waals surface area contributed by atoms with Crippen LogP contribution in [0.25, 0.3) is 0 Å². The number of urea groups is 1. The molecule has 6 nitrogen and oxygen atoms in total. The molecule has 1 heterocycles. The van der Waals surface area contributed by atoms with Gasteiger partial charge in [-0.05, 0) is 33.1 Å². The molecule has 1 saturated heterocycles. The molecule has 0 aromatic rings. The molecule has 0 radical (unpaired) electrons. The summed E-state index contributed by atoms with van der Waals surface area (Å²) < 4.78 is 0. The second kappa shape index (κ2) is 5.36. The molecule has 1 aliphatic carbocycles. The van der Waals surface area contributed by atoms with E-state index in [0.717, 1.165) is 25.6 Å². The van der Waals surface area contributed by atoms with E-state index in [1.54, 1.807) is 13.8 Å². The van der Waals surface area contributed by atoms with Gasteiger partial charge in [0.05, 0.1) is 6.42 Å². The van der Waals surface area contributed by atoms with Crippen LogP contribution in [0.1, 0.15) is 39.5 Å². The predicted octanol–water partition coefficient (Wildman–Crippen LogP) is 0.776. The van der Waals surface area contributed by atoms with Gasteiger partial charge in [0.25, 0.3) is 0 Å². The first kappa shape index (κ1) is 14.1. The molecule has 1 unspecified atom stereocenters. The molecule has 1 atom stereocenters. The van der Waals surface area contributed by atoms with Crippen molar-refractivity contribution in [2.24, 2.45) is 0 Å². The van der Waals surface area contributed by atoms with Gasteiger partial charge in [0.2, 0.25) is 0 Å². The number of aliphatic carboxylic acids is 1. The van der Waals surface area contributed by atoms with E-state index < -0.39 is 11.5 Å². The van der Waals surface area contributed by atoms with Gasteiger partial charge < -0.3 is 15.7 Å². The van der Waals surface area contributed by atoms with Crippen LogP contribution < -0.4 is 10.6 Å². The van der Waals surface area contributed by atoms with Crippen molar-refractivity contribution in [2.45, 2.75) is 57.2 Å². The zero-order chi connectivity index (χ0) is 14.0. The number of hydrogen-bond acceptors (Lipinski definition) is 3. The SMILES string of the molecule is CC(C)(CC(=O)O)NC(=O)NC1CCN(C2CC2)C1. The maximum absolute atomic E-state index is 11.9. The summed E-state index contributed by atoms with van der Waals surface area (Å²) in [5.41, 5.74) is -0.731. The third kappa shape index (κ3) is 4.38. The topological polar surface area (TPSA) is 81.7 Å². The lowest BCUT2D eigenvalue weighted by molar-refractivity contribution is -0.138. The van der Waals surface area contributed by atoms with Gasteiger partial charge >= 0.3 is 12.0 Å². The first-order valence-electron chi connectivity index (χ1n) is 6.90. The minimum Gasteiger partial charge on any atom is -0.481 e. The lowest BCUT2D eigenvalue weighted by Crippen LogP contribution is -2.52. The summed E-state index contributed by atoms with van der Waals surface area (Å²) in [6.45, 7) is 5.39. The van der Waals surface area contributed by atoms with E-state index in [2.05, 4.69) is 15.5 Å². The third-order valence-electron chi connectivity index (χ3n) is 3.66. The number of carbonyl (C=O) groups excluding carboxylic acids is 1. The molecular formula is C13H23N3O3. The number of amides is 2. The van der Waals surface area contributed by atoms with Crippen LogP contribution in [-0.4, -0.2) is 52.7 Å². The van der Waals surface area contributed by atoms with E-state index >= 15 is 0 Å².